The van der Waals surface area contributed by atoms with E-state index >= 15 is 0 Å². The van der Waals surface area contributed by atoms with Crippen LogP contribution in [0, 0.1) is 12.7 Å². The molecule has 1 aliphatic rings. The van der Waals surface area contributed by atoms with Gasteiger partial charge in [-0.05, 0) is 74.1 Å². The largest absolute Gasteiger partial charge is 0.368 e. The number of halogens is 1. The highest BCUT2D eigenvalue weighted by Gasteiger charge is 2.33. The molecule has 45 heavy (non-hydrogen) atoms. The number of benzene rings is 3. The van der Waals surface area contributed by atoms with Crippen LogP contribution in [0.2, 0.25) is 0 Å². The first-order chi connectivity index (χ1) is 21.5. The van der Waals surface area contributed by atoms with Gasteiger partial charge in [-0.25, -0.2) is 9.18 Å². The highest BCUT2D eigenvalue weighted by atomic mass is 19.1. The van der Waals surface area contributed by atoms with Crippen molar-refractivity contribution in [3.05, 3.63) is 94.9 Å². The molecule has 0 spiro atoms. The molecule has 0 radical (unpaired) electrons. The van der Waals surface area contributed by atoms with Gasteiger partial charge in [0.15, 0.2) is 0 Å². The number of urea groups is 1. The third-order valence-electron chi connectivity index (χ3n) is 8.35. The van der Waals surface area contributed by atoms with Crippen LogP contribution in [0.15, 0.2) is 66.9 Å². The van der Waals surface area contributed by atoms with Gasteiger partial charge in [0.25, 0.3) is 5.91 Å². The number of anilines is 2. The van der Waals surface area contributed by atoms with E-state index in [1.54, 1.807) is 29.2 Å². The SMILES string of the molecule is Cc1cc(F)ccc1N1CCN(C(=O)N[C@@H](C(=O)Nc2cc(CN(C)C)ccc2C(N)=O)[C@@H](C)c2c[nH]c3ccccc23)CC1. The van der Waals surface area contributed by atoms with Gasteiger partial charge in [-0.3, -0.25) is 9.59 Å². The zero-order chi connectivity index (χ0) is 32.2. The molecular weight excluding hydrogens is 573 g/mol. The van der Waals surface area contributed by atoms with Crippen molar-refractivity contribution in [2.45, 2.75) is 32.4 Å². The molecule has 4 aromatic rings. The van der Waals surface area contributed by atoms with E-state index in [9.17, 15) is 18.8 Å². The second-order valence-electron chi connectivity index (χ2n) is 11.9. The van der Waals surface area contributed by atoms with Gasteiger partial charge < -0.3 is 36.1 Å². The highest BCUT2D eigenvalue weighted by molar-refractivity contribution is 6.05. The zero-order valence-corrected chi connectivity index (χ0v) is 26.1. The molecule has 4 amide bonds. The Hall–Kier alpha value is -4.90. The maximum absolute atomic E-state index is 14.1. The number of aromatic nitrogens is 1. The average Bonchev–Trinajstić information content (AvgIpc) is 3.43. The molecule has 2 heterocycles. The number of nitrogens with one attached hydrogen (secondary N) is 3. The van der Waals surface area contributed by atoms with Crippen molar-refractivity contribution in [1.82, 2.24) is 20.1 Å². The van der Waals surface area contributed by atoms with Crippen molar-refractivity contribution in [3.8, 4) is 0 Å². The van der Waals surface area contributed by atoms with Crippen LogP contribution >= 0.6 is 0 Å². The number of hydrogen-bond acceptors (Lipinski definition) is 5. The summed E-state index contributed by atoms with van der Waals surface area (Å²) >= 11 is 0. The molecule has 1 saturated heterocycles. The second kappa shape index (κ2) is 13.4. The van der Waals surface area contributed by atoms with E-state index < -0.39 is 23.8 Å². The quantitative estimate of drug-likeness (QED) is 0.222. The van der Waals surface area contributed by atoms with Crippen molar-refractivity contribution in [2.24, 2.45) is 5.73 Å². The minimum absolute atomic E-state index is 0.183. The smallest absolute Gasteiger partial charge is 0.318 e. The predicted molar refractivity (Wildman–Crippen MR) is 175 cm³/mol. The van der Waals surface area contributed by atoms with Crippen molar-refractivity contribution < 1.29 is 18.8 Å². The third kappa shape index (κ3) is 7.09. The minimum Gasteiger partial charge on any atom is -0.368 e. The summed E-state index contributed by atoms with van der Waals surface area (Å²) in [7, 11) is 3.85. The first-order valence-corrected chi connectivity index (χ1v) is 15.0. The Balaban J connectivity index is 1.39. The molecule has 10 nitrogen and oxygen atoms in total. The van der Waals surface area contributed by atoms with E-state index in [0.29, 0.717) is 38.4 Å². The van der Waals surface area contributed by atoms with E-state index in [2.05, 4.69) is 20.5 Å². The van der Waals surface area contributed by atoms with Crippen molar-refractivity contribution >= 4 is 40.1 Å². The molecular formula is C34H40FN7O3. The van der Waals surface area contributed by atoms with Crippen LogP contribution in [-0.4, -0.2) is 78.9 Å². The number of aromatic amines is 1. The Bertz CT molecular complexity index is 1710. The summed E-state index contributed by atoms with van der Waals surface area (Å²) in [5.41, 5.74) is 10.6. The number of nitrogens with zero attached hydrogens (tertiary/aromatic N) is 3. The second-order valence-corrected chi connectivity index (χ2v) is 11.9. The van der Waals surface area contributed by atoms with Crippen LogP contribution in [0.3, 0.4) is 0 Å². The normalized spacial score (nSPS) is 14.8. The molecule has 0 bridgehead atoms. The Morgan fingerprint density at radius 2 is 1.76 bits per heavy atom. The molecule has 0 aliphatic carbocycles. The lowest BCUT2D eigenvalue weighted by atomic mass is 9.92. The fraction of sp³-hybridized carbons (Fsp3) is 0.324. The lowest BCUT2D eigenvalue weighted by molar-refractivity contribution is -0.118. The van der Waals surface area contributed by atoms with Gasteiger partial charge in [-0.2, -0.15) is 0 Å². The van der Waals surface area contributed by atoms with E-state index in [0.717, 1.165) is 33.3 Å². The fourth-order valence-corrected chi connectivity index (χ4v) is 6.00. The first-order valence-electron chi connectivity index (χ1n) is 15.0. The molecule has 1 aromatic heterocycles. The molecule has 5 rings (SSSR count). The summed E-state index contributed by atoms with van der Waals surface area (Å²) < 4.78 is 13.7. The number of hydrogen-bond donors (Lipinski definition) is 4. The molecule has 11 heteroatoms. The van der Waals surface area contributed by atoms with Crippen LogP contribution in [0.4, 0.5) is 20.6 Å². The van der Waals surface area contributed by atoms with Gasteiger partial charge >= 0.3 is 6.03 Å². The Kier molecular flexibility index (Phi) is 9.38. The van der Waals surface area contributed by atoms with Crippen molar-refractivity contribution in [3.63, 3.8) is 0 Å². The number of fused-ring (bicyclic) bond motifs is 1. The van der Waals surface area contributed by atoms with Gasteiger partial charge in [-0.15, -0.1) is 0 Å². The predicted octanol–water partition coefficient (Wildman–Crippen LogP) is 4.42. The monoisotopic (exact) mass is 613 g/mol. The third-order valence-corrected chi connectivity index (χ3v) is 8.35. The molecule has 0 unspecified atom stereocenters. The number of piperazine rings is 1. The minimum atomic E-state index is -0.979. The van der Waals surface area contributed by atoms with Crippen LogP contribution in [-0.2, 0) is 11.3 Å². The number of primary amides is 1. The zero-order valence-electron chi connectivity index (χ0n) is 26.1. The molecule has 2 atom stereocenters. The maximum atomic E-state index is 14.1. The molecule has 1 fully saturated rings. The molecule has 1 aliphatic heterocycles. The summed E-state index contributed by atoms with van der Waals surface area (Å²) in [6, 6.07) is 16.3. The van der Waals surface area contributed by atoms with E-state index in [4.69, 9.17) is 5.73 Å². The van der Waals surface area contributed by atoms with Gasteiger partial charge in [-0.1, -0.05) is 31.2 Å². The van der Waals surface area contributed by atoms with Crippen LogP contribution in [0.1, 0.15) is 39.9 Å². The highest BCUT2D eigenvalue weighted by Crippen LogP contribution is 2.29. The average molecular weight is 614 g/mol. The number of para-hydroxylation sites is 1. The summed E-state index contributed by atoms with van der Waals surface area (Å²) in [4.78, 5) is 49.1. The lowest BCUT2D eigenvalue weighted by Crippen LogP contribution is -2.56. The lowest BCUT2D eigenvalue weighted by Gasteiger charge is -2.37. The van der Waals surface area contributed by atoms with Gasteiger partial charge in [0, 0.05) is 61.4 Å². The molecule has 3 aromatic carbocycles. The number of carbonyl (C=O) groups is 3. The molecule has 0 saturated carbocycles. The van der Waals surface area contributed by atoms with E-state index in [1.165, 1.54) is 12.1 Å². The van der Waals surface area contributed by atoms with Gasteiger partial charge in [0.2, 0.25) is 5.91 Å². The van der Waals surface area contributed by atoms with E-state index in [-0.39, 0.29) is 17.4 Å². The Labute approximate surface area is 262 Å². The number of H-pyrrole nitrogens is 1. The number of amides is 4. The van der Waals surface area contributed by atoms with Crippen molar-refractivity contribution in [2.75, 3.05) is 50.5 Å². The summed E-state index contributed by atoms with van der Waals surface area (Å²) in [5.74, 6) is -1.85. The first kappa shape index (κ1) is 31.5. The fourth-order valence-electron chi connectivity index (χ4n) is 6.00. The Morgan fingerprint density at radius 3 is 2.44 bits per heavy atom. The summed E-state index contributed by atoms with van der Waals surface area (Å²) in [5, 5.41) is 6.85. The molecule has 5 N–H and O–H groups in total. The van der Waals surface area contributed by atoms with Gasteiger partial charge in [0.1, 0.15) is 11.9 Å². The van der Waals surface area contributed by atoms with Crippen molar-refractivity contribution in [1.29, 1.82) is 0 Å². The number of carbonyl (C=O) groups excluding carboxylic acids is 3. The maximum Gasteiger partial charge on any atom is 0.318 e. The van der Waals surface area contributed by atoms with Crippen LogP contribution in [0.5, 0.6) is 0 Å². The Morgan fingerprint density at radius 1 is 1.02 bits per heavy atom. The van der Waals surface area contributed by atoms with Crippen LogP contribution in [0.25, 0.3) is 10.9 Å². The molecule has 236 valence electrons. The van der Waals surface area contributed by atoms with Gasteiger partial charge in [0.05, 0.1) is 11.3 Å². The number of rotatable bonds is 9. The number of nitrogens with two attached hydrogens (primary N) is 1. The number of aryl methyl sites for hydroxylation is 1. The summed E-state index contributed by atoms with van der Waals surface area (Å²) in [6.45, 7) is 6.34. The summed E-state index contributed by atoms with van der Waals surface area (Å²) in [6.07, 6.45) is 1.86. The topological polar surface area (TPSA) is 127 Å². The van der Waals surface area contributed by atoms with Crippen LogP contribution < -0.4 is 21.3 Å². The van der Waals surface area contributed by atoms with E-state index in [1.807, 2.05) is 63.3 Å². The standard InChI is InChI=1S/C34H40FN7O3/c1-21-17-24(35)10-12-30(21)41-13-15-42(16-14-41)34(45)39-31(22(2)27-19-37-28-8-6-5-7-25(27)28)33(44)38-29-18-23(20-40(3)4)9-11-26(29)32(36)43/h5-12,17-19,22,31,37H,13-16,20H2,1-4H3,(H2,36,43)(H,38,44)(H,39,45)/t22-,31+/m0/s1.